The van der Waals surface area contributed by atoms with Gasteiger partial charge in [0.25, 0.3) is 0 Å². The monoisotopic (exact) mass is 376 g/mol. The second-order valence-corrected chi connectivity index (χ2v) is 7.69. The third-order valence-electron chi connectivity index (χ3n) is 3.22. The maximum atomic E-state index is 12.4. The Morgan fingerprint density at radius 1 is 1.43 bits per heavy atom. The Hall–Kier alpha value is -1.03. The molecule has 0 atom stereocenters. The van der Waals surface area contributed by atoms with Crippen LogP contribution in [-0.2, 0) is 14.8 Å². The predicted octanol–water partition coefficient (Wildman–Crippen LogP) is -0.104. The number of nitrogens with one attached hydrogen (secondary N) is 1. The highest BCUT2D eigenvalue weighted by Gasteiger charge is 2.26. The third kappa shape index (κ3) is 4.00. The van der Waals surface area contributed by atoms with Crippen LogP contribution in [0.25, 0.3) is 0 Å². The van der Waals surface area contributed by atoms with Crippen LogP contribution in [0, 0.1) is 0 Å². The highest BCUT2D eigenvalue weighted by atomic mass is 79.9. The summed E-state index contributed by atoms with van der Waals surface area (Å²) in [6.07, 6.45) is 2.77. The van der Waals surface area contributed by atoms with E-state index in [0.717, 1.165) is 17.4 Å². The molecule has 0 bridgehead atoms. The minimum absolute atomic E-state index is 0.0625. The molecule has 0 saturated carbocycles. The Morgan fingerprint density at radius 3 is 2.71 bits per heavy atom. The molecule has 116 valence electrons. The maximum Gasteiger partial charge on any atom is 0.244 e. The molecule has 0 aromatic carbocycles. The van der Waals surface area contributed by atoms with E-state index in [4.69, 9.17) is 0 Å². The summed E-state index contributed by atoms with van der Waals surface area (Å²) in [6.45, 7) is 2.50. The molecule has 0 aliphatic carbocycles. The Bertz CT molecular complexity index is 617. The van der Waals surface area contributed by atoms with Crippen LogP contribution in [-0.4, -0.2) is 68.3 Å². The Balaban J connectivity index is 2.08. The molecule has 1 amide bonds. The van der Waals surface area contributed by atoms with Crippen LogP contribution < -0.4 is 5.32 Å². The van der Waals surface area contributed by atoms with E-state index in [1.54, 1.807) is 4.90 Å². The lowest BCUT2D eigenvalue weighted by Crippen LogP contribution is -2.49. The van der Waals surface area contributed by atoms with Gasteiger partial charge >= 0.3 is 0 Å². The number of pyridine rings is 1. The average molecular weight is 377 g/mol. The number of carbonyl (C=O) groups is 1. The molecule has 0 unspecified atom stereocenters. The summed E-state index contributed by atoms with van der Waals surface area (Å²) in [5, 5.41) is 3.15. The number of rotatable bonds is 4. The van der Waals surface area contributed by atoms with Gasteiger partial charge in [-0.25, -0.2) is 8.42 Å². The van der Waals surface area contributed by atoms with E-state index in [-0.39, 0.29) is 17.3 Å². The number of aromatic nitrogens is 1. The van der Waals surface area contributed by atoms with Gasteiger partial charge in [-0.3, -0.25) is 9.78 Å². The van der Waals surface area contributed by atoms with Gasteiger partial charge in [-0.2, -0.15) is 4.31 Å². The van der Waals surface area contributed by atoms with Crippen LogP contribution in [0.1, 0.15) is 0 Å². The van der Waals surface area contributed by atoms with Gasteiger partial charge in [0.2, 0.25) is 15.9 Å². The summed E-state index contributed by atoms with van der Waals surface area (Å²) >= 11 is 3.19. The molecule has 1 aliphatic heterocycles. The zero-order chi connectivity index (χ0) is 15.5. The minimum Gasteiger partial charge on any atom is -0.339 e. The van der Waals surface area contributed by atoms with Crippen molar-refractivity contribution in [3.63, 3.8) is 0 Å². The second-order valence-electron chi connectivity index (χ2n) is 4.73. The average Bonchev–Trinajstić information content (AvgIpc) is 2.48. The van der Waals surface area contributed by atoms with Crippen molar-refractivity contribution >= 4 is 31.9 Å². The number of likely N-dealkylation sites (N-methyl/N-ethyl adjacent to an activating group) is 1. The van der Waals surface area contributed by atoms with Crippen molar-refractivity contribution < 1.29 is 13.2 Å². The van der Waals surface area contributed by atoms with Gasteiger partial charge in [-0.1, -0.05) is 0 Å². The summed E-state index contributed by atoms with van der Waals surface area (Å²) in [5.41, 5.74) is 0. The van der Waals surface area contributed by atoms with Gasteiger partial charge in [0.05, 0.1) is 6.54 Å². The molecule has 2 rings (SSSR count). The number of piperazine rings is 1. The SMILES string of the molecule is CN(CC(=O)N1CCNCC1)S(=O)(=O)c1cncc(Br)c1. The van der Waals surface area contributed by atoms with Crippen molar-refractivity contribution in [2.75, 3.05) is 39.8 Å². The molecule has 1 N–H and O–H groups in total. The van der Waals surface area contributed by atoms with E-state index in [0.29, 0.717) is 17.6 Å². The molecule has 0 radical (unpaired) electrons. The lowest BCUT2D eigenvalue weighted by atomic mass is 10.3. The van der Waals surface area contributed by atoms with Crippen LogP contribution in [0.4, 0.5) is 0 Å². The van der Waals surface area contributed by atoms with E-state index in [9.17, 15) is 13.2 Å². The molecule has 1 aromatic heterocycles. The molecule has 1 aliphatic rings. The molecule has 0 spiro atoms. The summed E-state index contributed by atoms with van der Waals surface area (Å²) in [7, 11) is -2.32. The van der Waals surface area contributed by atoms with E-state index in [1.807, 2.05) is 0 Å². The predicted molar refractivity (Wildman–Crippen MR) is 81.2 cm³/mol. The fourth-order valence-corrected chi connectivity index (χ4v) is 3.63. The zero-order valence-electron chi connectivity index (χ0n) is 11.6. The number of amides is 1. The fourth-order valence-electron chi connectivity index (χ4n) is 2.00. The Labute approximate surface area is 132 Å². The summed E-state index contributed by atoms with van der Waals surface area (Å²) in [6, 6.07) is 1.47. The molecule has 21 heavy (non-hydrogen) atoms. The quantitative estimate of drug-likeness (QED) is 0.792. The fraction of sp³-hybridized carbons (Fsp3) is 0.500. The molecular formula is C12H17BrN4O3S. The maximum absolute atomic E-state index is 12.4. The number of hydrogen-bond donors (Lipinski definition) is 1. The number of hydrogen-bond acceptors (Lipinski definition) is 5. The van der Waals surface area contributed by atoms with Crippen LogP contribution in [0.5, 0.6) is 0 Å². The molecule has 7 nitrogen and oxygen atoms in total. The van der Waals surface area contributed by atoms with Gasteiger partial charge in [0.1, 0.15) is 4.90 Å². The van der Waals surface area contributed by atoms with Crippen molar-refractivity contribution in [2.45, 2.75) is 4.90 Å². The highest BCUT2D eigenvalue weighted by Crippen LogP contribution is 2.17. The van der Waals surface area contributed by atoms with Gasteiger partial charge in [-0.05, 0) is 22.0 Å². The molecule has 1 saturated heterocycles. The summed E-state index contributed by atoms with van der Waals surface area (Å²) < 4.78 is 26.4. The topological polar surface area (TPSA) is 82.6 Å². The number of halogens is 1. The molecule has 9 heteroatoms. The first kappa shape index (κ1) is 16.3. The van der Waals surface area contributed by atoms with Gasteiger partial charge in [0, 0.05) is 50.1 Å². The number of nitrogens with zero attached hydrogens (tertiary/aromatic N) is 3. The smallest absolute Gasteiger partial charge is 0.244 e. The molecule has 1 fully saturated rings. The summed E-state index contributed by atoms with van der Waals surface area (Å²) in [5.74, 6) is -0.189. The van der Waals surface area contributed by atoms with Crippen LogP contribution in [0.2, 0.25) is 0 Å². The van der Waals surface area contributed by atoms with Crippen molar-refractivity contribution in [2.24, 2.45) is 0 Å². The lowest BCUT2D eigenvalue weighted by molar-refractivity contribution is -0.131. The van der Waals surface area contributed by atoms with Crippen LogP contribution in [0.15, 0.2) is 27.8 Å². The first-order chi connectivity index (χ1) is 9.91. The lowest BCUT2D eigenvalue weighted by Gasteiger charge is -2.29. The van der Waals surface area contributed by atoms with Gasteiger partial charge < -0.3 is 10.2 Å². The number of sulfonamides is 1. The minimum atomic E-state index is -3.72. The van der Waals surface area contributed by atoms with E-state index in [2.05, 4.69) is 26.2 Å². The normalized spacial score (nSPS) is 16.2. The first-order valence-corrected chi connectivity index (χ1v) is 8.70. The standard InChI is InChI=1S/C12H17BrN4O3S/c1-16(9-12(18)17-4-2-14-3-5-17)21(19,20)11-6-10(13)7-15-8-11/h6-8,14H,2-5,9H2,1H3. The van der Waals surface area contributed by atoms with Crippen molar-refractivity contribution in [1.29, 1.82) is 0 Å². The first-order valence-electron chi connectivity index (χ1n) is 6.46. The van der Waals surface area contributed by atoms with E-state index >= 15 is 0 Å². The van der Waals surface area contributed by atoms with Crippen molar-refractivity contribution in [3.8, 4) is 0 Å². The zero-order valence-corrected chi connectivity index (χ0v) is 14.0. The Kier molecular flexibility index (Phi) is 5.31. The Morgan fingerprint density at radius 2 is 2.10 bits per heavy atom. The largest absolute Gasteiger partial charge is 0.339 e. The van der Waals surface area contributed by atoms with Crippen LogP contribution >= 0.6 is 15.9 Å². The third-order valence-corrected chi connectivity index (χ3v) is 5.42. The van der Waals surface area contributed by atoms with Gasteiger partial charge in [-0.15, -0.1) is 0 Å². The highest BCUT2D eigenvalue weighted by molar-refractivity contribution is 9.10. The molecule has 1 aromatic rings. The molecular weight excluding hydrogens is 360 g/mol. The second kappa shape index (κ2) is 6.82. The van der Waals surface area contributed by atoms with E-state index in [1.165, 1.54) is 25.5 Å². The van der Waals surface area contributed by atoms with Crippen molar-refractivity contribution in [3.05, 3.63) is 22.9 Å². The summed E-state index contributed by atoms with van der Waals surface area (Å²) in [4.78, 5) is 17.7. The molecule has 2 heterocycles. The van der Waals surface area contributed by atoms with Crippen molar-refractivity contribution in [1.82, 2.24) is 19.5 Å². The van der Waals surface area contributed by atoms with Gasteiger partial charge in [0.15, 0.2) is 0 Å². The number of carbonyl (C=O) groups excluding carboxylic acids is 1. The van der Waals surface area contributed by atoms with E-state index < -0.39 is 10.0 Å². The van der Waals surface area contributed by atoms with Crippen LogP contribution in [0.3, 0.4) is 0 Å².